The van der Waals surface area contributed by atoms with Crippen LogP contribution in [0.15, 0.2) is 52.0 Å². The summed E-state index contributed by atoms with van der Waals surface area (Å²) in [7, 11) is -3.52. The third-order valence-electron chi connectivity index (χ3n) is 5.27. The molecule has 2 rings (SSSR count). The number of rotatable bonds is 13. The molecule has 0 bridgehead atoms. The summed E-state index contributed by atoms with van der Waals surface area (Å²) >= 11 is 0. The fourth-order valence-electron chi connectivity index (χ4n) is 3.50. The van der Waals surface area contributed by atoms with Crippen molar-refractivity contribution in [2.45, 2.75) is 38.6 Å². The highest BCUT2D eigenvalue weighted by molar-refractivity contribution is 7.89. The summed E-state index contributed by atoms with van der Waals surface area (Å²) in [4.78, 5) is 15.0. The number of sulfonamides is 1. The fraction of sp³-hybridized carbons (Fsp3) is 0.500. The van der Waals surface area contributed by atoms with Crippen LogP contribution in [0, 0.1) is 0 Å². The maximum Gasteiger partial charge on any atom is 0.243 e. The smallest absolute Gasteiger partial charge is 0.243 e. The van der Waals surface area contributed by atoms with Gasteiger partial charge in [-0.3, -0.25) is 9.69 Å². The van der Waals surface area contributed by atoms with Crippen LogP contribution in [0.1, 0.15) is 49.9 Å². The molecule has 0 spiro atoms. The zero-order valence-corrected chi connectivity index (χ0v) is 19.1. The van der Waals surface area contributed by atoms with E-state index in [1.807, 2.05) is 12.1 Å². The van der Waals surface area contributed by atoms with Gasteiger partial charge in [-0.05, 0) is 37.4 Å². The SMILES string of the molecule is CCN(CC)C(CNCC(=O)c1ccc(S(=O)(=O)N(CC)CC)cc1)c1ccco1. The molecule has 0 fully saturated rings. The third-order valence-corrected chi connectivity index (χ3v) is 7.33. The molecule has 0 amide bonds. The van der Waals surface area contributed by atoms with Gasteiger partial charge >= 0.3 is 0 Å². The van der Waals surface area contributed by atoms with Gasteiger partial charge in [0.2, 0.25) is 10.0 Å². The van der Waals surface area contributed by atoms with E-state index in [0.29, 0.717) is 25.2 Å². The molecule has 7 nitrogen and oxygen atoms in total. The topological polar surface area (TPSA) is 82.9 Å². The first kappa shape index (κ1) is 24.3. The Balaban J connectivity index is 2.01. The molecule has 1 aromatic heterocycles. The number of likely N-dealkylation sites (N-methyl/N-ethyl adjacent to an activating group) is 1. The Labute approximate surface area is 180 Å². The Hall–Kier alpha value is -2.00. The van der Waals surface area contributed by atoms with E-state index in [9.17, 15) is 13.2 Å². The molecule has 0 saturated heterocycles. The number of nitrogens with one attached hydrogen (secondary N) is 1. The molecule has 2 aromatic rings. The Kier molecular flexibility index (Phi) is 9.23. The average Bonchev–Trinajstić information content (AvgIpc) is 3.28. The summed E-state index contributed by atoms with van der Waals surface area (Å²) in [6.07, 6.45) is 1.66. The van der Waals surface area contributed by atoms with Crippen LogP contribution in [0.5, 0.6) is 0 Å². The largest absolute Gasteiger partial charge is 0.468 e. The van der Waals surface area contributed by atoms with Crippen molar-refractivity contribution < 1.29 is 17.6 Å². The van der Waals surface area contributed by atoms with Gasteiger partial charge in [0.15, 0.2) is 5.78 Å². The highest BCUT2D eigenvalue weighted by Gasteiger charge is 2.22. The minimum absolute atomic E-state index is 0.0457. The zero-order valence-electron chi connectivity index (χ0n) is 18.3. The van der Waals surface area contributed by atoms with E-state index in [0.717, 1.165) is 18.8 Å². The summed E-state index contributed by atoms with van der Waals surface area (Å²) in [5.41, 5.74) is 0.485. The van der Waals surface area contributed by atoms with E-state index >= 15 is 0 Å². The Bertz CT molecular complexity index is 872. The number of Topliss-reactive ketones (excluding diaryl/α,β-unsaturated/α-hetero) is 1. The second-order valence-corrected chi connectivity index (χ2v) is 8.86. The van der Waals surface area contributed by atoms with Gasteiger partial charge in [-0.15, -0.1) is 0 Å². The number of furan rings is 1. The maximum absolute atomic E-state index is 12.6. The summed E-state index contributed by atoms with van der Waals surface area (Å²) in [5.74, 6) is 0.782. The van der Waals surface area contributed by atoms with Gasteiger partial charge in [0.05, 0.1) is 23.7 Å². The number of ketones is 1. The lowest BCUT2D eigenvalue weighted by molar-refractivity contribution is 0.0985. The Morgan fingerprint density at radius 2 is 1.63 bits per heavy atom. The summed E-state index contributed by atoms with van der Waals surface area (Å²) in [6, 6.07) is 10.0. The molecule has 0 saturated carbocycles. The van der Waals surface area contributed by atoms with E-state index < -0.39 is 10.0 Å². The fourth-order valence-corrected chi connectivity index (χ4v) is 4.96. The van der Waals surface area contributed by atoms with Crippen molar-refractivity contribution in [3.63, 3.8) is 0 Å². The first-order valence-corrected chi connectivity index (χ1v) is 11.9. The molecule has 1 unspecified atom stereocenters. The van der Waals surface area contributed by atoms with Crippen molar-refractivity contribution in [1.82, 2.24) is 14.5 Å². The molecule has 0 radical (unpaired) electrons. The number of carbonyl (C=O) groups is 1. The van der Waals surface area contributed by atoms with Crippen LogP contribution < -0.4 is 5.32 Å². The van der Waals surface area contributed by atoms with Crippen molar-refractivity contribution in [2.24, 2.45) is 0 Å². The van der Waals surface area contributed by atoms with Crippen LogP contribution in [-0.4, -0.2) is 62.7 Å². The first-order chi connectivity index (χ1) is 14.4. The van der Waals surface area contributed by atoms with Crippen molar-refractivity contribution in [2.75, 3.05) is 39.3 Å². The van der Waals surface area contributed by atoms with Gasteiger partial charge < -0.3 is 9.73 Å². The lowest BCUT2D eigenvalue weighted by Crippen LogP contribution is -2.37. The molecule has 8 heteroatoms. The Morgan fingerprint density at radius 1 is 1.00 bits per heavy atom. The van der Waals surface area contributed by atoms with Crippen molar-refractivity contribution in [3.8, 4) is 0 Å². The van der Waals surface area contributed by atoms with Crippen molar-refractivity contribution in [1.29, 1.82) is 0 Å². The zero-order chi connectivity index (χ0) is 22.1. The number of hydrogen-bond acceptors (Lipinski definition) is 6. The highest BCUT2D eigenvalue weighted by Crippen LogP contribution is 2.20. The summed E-state index contributed by atoms with van der Waals surface area (Å²) in [5, 5.41) is 3.22. The highest BCUT2D eigenvalue weighted by atomic mass is 32.2. The van der Waals surface area contributed by atoms with Gasteiger partial charge in [0.25, 0.3) is 0 Å². The quantitative estimate of drug-likeness (QED) is 0.487. The Morgan fingerprint density at radius 3 is 2.13 bits per heavy atom. The van der Waals surface area contributed by atoms with E-state index in [2.05, 4.69) is 24.1 Å². The predicted molar refractivity (Wildman–Crippen MR) is 118 cm³/mol. The van der Waals surface area contributed by atoms with Gasteiger partial charge in [-0.1, -0.05) is 39.8 Å². The first-order valence-electron chi connectivity index (χ1n) is 10.5. The average molecular weight is 436 g/mol. The van der Waals surface area contributed by atoms with E-state index in [4.69, 9.17) is 4.42 Å². The van der Waals surface area contributed by atoms with Crippen molar-refractivity contribution >= 4 is 15.8 Å². The van der Waals surface area contributed by atoms with Gasteiger partial charge in [-0.25, -0.2) is 8.42 Å². The molecular formula is C22H33N3O4S. The van der Waals surface area contributed by atoms with Crippen LogP contribution in [0.25, 0.3) is 0 Å². The number of carbonyl (C=O) groups excluding carboxylic acids is 1. The van der Waals surface area contributed by atoms with Gasteiger partial charge in [-0.2, -0.15) is 4.31 Å². The molecule has 1 heterocycles. The second-order valence-electron chi connectivity index (χ2n) is 6.92. The molecule has 30 heavy (non-hydrogen) atoms. The molecule has 166 valence electrons. The lowest BCUT2D eigenvalue weighted by atomic mass is 10.1. The van der Waals surface area contributed by atoms with Crippen LogP contribution >= 0.6 is 0 Å². The minimum Gasteiger partial charge on any atom is -0.468 e. The molecule has 0 aliphatic rings. The van der Waals surface area contributed by atoms with E-state index in [1.165, 1.54) is 16.4 Å². The van der Waals surface area contributed by atoms with Crippen LogP contribution in [0.4, 0.5) is 0 Å². The van der Waals surface area contributed by atoms with Gasteiger partial charge in [0, 0.05) is 25.2 Å². The molecule has 1 N–H and O–H groups in total. The number of benzene rings is 1. The van der Waals surface area contributed by atoms with Crippen LogP contribution in [-0.2, 0) is 10.0 Å². The molecule has 0 aliphatic carbocycles. The number of hydrogen-bond donors (Lipinski definition) is 1. The minimum atomic E-state index is -3.52. The summed E-state index contributed by atoms with van der Waals surface area (Å²) < 4.78 is 32.1. The van der Waals surface area contributed by atoms with Crippen molar-refractivity contribution in [3.05, 3.63) is 54.0 Å². The predicted octanol–water partition coefficient (Wildman–Crippen LogP) is 3.17. The van der Waals surface area contributed by atoms with Crippen LogP contribution in [0.3, 0.4) is 0 Å². The molecule has 1 atom stereocenters. The normalized spacial score (nSPS) is 13.1. The third kappa shape index (κ3) is 5.78. The maximum atomic E-state index is 12.6. The van der Waals surface area contributed by atoms with E-state index in [-0.39, 0.29) is 23.3 Å². The standard InChI is InChI=1S/C22H33N3O4S/c1-5-24(6-2)20(22-10-9-15-29-22)16-23-17-21(26)18-11-13-19(14-12-18)30(27,28)25(7-3)8-4/h9-15,20,23H,5-8,16-17H2,1-4H3. The summed E-state index contributed by atoms with van der Waals surface area (Å²) in [6.45, 7) is 11.1. The molecular weight excluding hydrogens is 402 g/mol. The molecule has 0 aliphatic heterocycles. The van der Waals surface area contributed by atoms with Crippen LogP contribution in [0.2, 0.25) is 0 Å². The monoisotopic (exact) mass is 435 g/mol. The van der Waals surface area contributed by atoms with E-state index in [1.54, 1.807) is 32.2 Å². The molecule has 1 aromatic carbocycles. The van der Waals surface area contributed by atoms with Gasteiger partial charge in [0.1, 0.15) is 5.76 Å². The number of nitrogens with zero attached hydrogens (tertiary/aromatic N) is 2. The lowest BCUT2D eigenvalue weighted by Gasteiger charge is -2.28. The second kappa shape index (κ2) is 11.4.